The van der Waals surface area contributed by atoms with Gasteiger partial charge in [0.05, 0.1) is 6.10 Å². The molecule has 0 radical (unpaired) electrons. The number of aliphatic hydroxyl groups is 1. The Morgan fingerprint density at radius 2 is 1.92 bits per heavy atom. The van der Waals surface area contributed by atoms with Crippen LogP contribution in [0.25, 0.3) is 0 Å². The summed E-state index contributed by atoms with van der Waals surface area (Å²) in [5.74, 6) is 0. The van der Waals surface area contributed by atoms with Gasteiger partial charge in [0, 0.05) is 0 Å². The van der Waals surface area contributed by atoms with Crippen molar-refractivity contribution in [1.82, 2.24) is 0 Å². The summed E-state index contributed by atoms with van der Waals surface area (Å²) in [4.78, 5) is 0. The van der Waals surface area contributed by atoms with Gasteiger partial charge in [0.25, 0.3) is 0 Å². The van der Waals surface area contributed by atoms with E-state index in [2.05, 4.69) is 6.58 Å². The minimum absolute atomic E-state index is 0.0509. The highest BCUT2D eigenvalue weighted by atomic mass is 16.3. The molecular formula is C11H20O. The minimum atomic E-state index is -0.345. The van der Waals surface area contributed by atoms with Crippen molar-refractivity contribution in [3.8, 4) is 0 Å². The van der Waals surface area contributed by atoms with Crippen molar-refractivity contribution in [2.45, 2.75) is 39.7 Å². The molecular weight excluding hydrogens is 148 g/mol. The van der Waals surface area contributed by atoms with E-state index in [4.69, 9.17) is 0 Å². The third-order valence-electron chi connectivity index (χ3n) is 1.74. The van der Waals surface area contributed by atoms with E-state index in [1.54, 1.807) is 0 Å². The first-order chi connectivity index (χ1) is 5.48. The van der Waals surface area contributed by atoms with Crippen LogP contribution in [-0.2, 0) is 0 Å². The Labute approximate surface area is 75.8 Å². The molecule has 0 aliphatic carbocycles. The van der Waals surface area contributed by atoms with Crippen LogP contribution in [-0.4, -0.2) is 11.2 Å². The van der Waals surface area contributed by atoms with Gasteiger partial charge < -0.3 is 5.11 Å². The van der Waals surface area contributed by atoms with E-state index in [0.717, 1.165) is 12.8 Å². The Hall–Kier alpha value is -0.560. The van der Waals surface area contributed by atoms with Crippen LogP contribution in [0.4, 0.5) is 0 Å². The molecule has 0 aliphatic rings. The topological polar surface area (TPSA) is 20.2 Å². The molecule has 1 unspecified atom stereocenters. The maximum absolute atomic E-state index is 9.57. The predicted octanol–water partition coefficient (Wildman–Crippen LogP) is 2.92. The average molecular weight is 168 g/mol. The lowest BCUT2D eigenvalue weighted by Crippen LogP contribution is -2.23. The molecule has 12 heavy (non-hydrogen) atoms. The van der Waals surface area contributed by atoms with Crippen molar-refractivity contribution in [2.75, 3.05) is 0 Å². The molecule has 0 heterocycles. The van der Waals surface area contributed by atoms with Gasteiger partial charge in [-0.1, -0.05) is 39.0 Å². The summed E-state index contributed by atoms with van der Waals surface area (Å²) in [7, 11) is 0. The predicted molar refractivity (Wildman–Crippen MR) is 54.0 cm³/mol. The van der Waals surface area contributed by atoms with Crippen molar-refractivity contribution < 1.29 is 5.11 Å². The van der Waals surface area contributed by atoms with Crippen LogP contribution >= 0.6 is 0 Å². The Balaban J connectivity index is 3.75. The van der Waals surface area contributed by atoms with E-state index in [1.165, 1.54) is 0 Å². The van der Waals surface area contributed by atoms with Gasteiger partial charge in [0.2, 0.25) is 0 Å². The van der Waals surface area contributed by atoms with Crippen molar-refractivity contribution >= 4 is 0 Å². The quantitative estimate of drug-likeness (QED) is 0.505. The lowest BCUT2D eigenvalue weighted by molar-refractivity contribution is 0.105. The first-order valence-corrected chi connectivity index (χ1v) is 4.44. The van der Waals surface area contributed by atoms with Crippen LogP contribution in [0.2, 0.25) is 0 Å². The maximum atomic E-state index is 9.57. The highest BCUT2D eigenvalue weighted by Crippen LogP contribution is 2.19. The number of allylic oxidation sites excluding steroid dienone is 2. The van der Waals surface area contributed by atoms with Crippen molar-refractivity contribution in [3.63, 3.8) is 0 Å². The summed E-state index contributed by atoms with van der Waals surface area (Å²) in [6.07, 6.45) is 7.36. The SMILES string of the molecule is C=CCC/C=C/C(O)C(C)(C)C. The van der Waals surface area contributed by atoms with Gasteiger partial charge >= 0.3 is 0 Å². The Bertz CT molecular complexity index is 151. The van der Waals surface area contributed by atoms with Gasteiger partial charge in [-0.05, 0) is 18.3 Å². The molecule has 0 aromatic heterocycles. The van der Waals surface area contributed by atoms with E-state index in [1.807, 2.05) is 39.0 Å². The average Bonchev–Trinajstić information content (AvgIpc) is 1.96. The standard InChI is InChI=1S/C11H20O/c1-5-6-7-8-9-10(12)11(2,3)4/h5,8-10,12H,1,6-7H2,2-4H3/b9-8+. The summed E-state index contributed by atoms with van der Waals surface area (Å²) in [5.41, 5.74) is -0.0509. The summed E-state index contributed by atoms with van der Waals surface area (Å²) in [5, 5.41) is 9.57. The largest absolute Gasteiger partial charge is 0.388 e. The molecule has 0 aromatic rings. The van der Waals surface area contributed by atoms with Crippen LogP contribution in [0.5, 0.6) is 0 Å². The minimum Gasteiger partial charge on any atom is -0.388 e. The highest BCUT2D eigenvalue weighted by molar-refractivity contribution is 4.95. The van der Waals surface area contributed by atoms with Crippen LogP contribution in [0, 0.1) is 5.41 Å². The second-order valence-corrected chi connectivity index (χ2v) is 4.11. The van der Waals surface area contributed by atoms with Gasteiger partial charge in [0.1, 0.15) is 0 Å². The highest BCUT2D eigenvalue weighted by Gasteiger charge is 2.18. The molecule has 1 N–H and O–H groups in total. The first kappa shape index (κ1) is 11.4. The van der Waals surface area contributed by atoms with Crippen LogP contribution < -0.4 is 0 Å². The number of rotatable bonds is 4. The third kappa shape index (κ3) is 5.14. The molecule has 0 amide bonds. The Morgan fingerprint density at radius 3 is 2.33 bits per heavy atom. The molecule has 70 valence electrons. The molecule has 1 heteroatoms. The van der Waals surface area contributed by atoms with Crippen LogP contribution in [0.15, 0.2) is 24.8 Å². The normalized spacial score (nSPS) is 15.0. The molecule has 0 spiro atoms. The van der Waals surface area contributed by atoms with Gasteiger partial charge in [-0.25, -0.2) is 0 Å². The Morgan fingerprint density at radius 1 is 1.33 bits per heavy atom. The Kier molecular flexibility index (Phi) is 4.91. The van der Waals surface area contributed by atoms with E-state index in [9.17, 15) is 5.11 Å². The molecule has 0 saturated heterocycles. The summed E-state index contributed by atoms with van der Waals surface area (Å²) in [6.45, 7) is 9.70. The third-order valence-corrected chi connectivity index (χ3v) is 1.74. The van der Waals surface area contributed by atoms with E-state index in [-0.39, 0.29) is 11.5 Å². The van der Waals surface area contributed by atoms with Crippen molar-refractivity contribution in [1.29, 1.82) is 0 Å². The van der Waals surface area contributed by atoms with Crippen LogP contribution in [0.1, 0.15) is 33.6 Å². The number of hydrogen-bond donors (Lipinski definition) is 1. The van der Waals surface area contributed by atoms with E-state index >= 15 is 0 Å². The zero-order chi connectivity index (χ0) is 9.61. The molecule has 1 atom stereocenters. The first-order valence-electron chi connectivity index (χ1n) is 4.44. The van der Waals surface area contributed by atoms with Gasteiger partial charge in [0.15, 0.2) is 0 Å². The van der Waals surface area contributed by atoms with Gasteiger partial charge in [-0.3, -0.25) is 0 Å². The molecule has 0 saturated carbocycles. The van der Waals surface area contributed by atoms with E-state index < -0.39 is 0 Å². The number of aliphatic hydroxyl groups excluding tert-OH is 1. The fourth-order valence-corrected chi connectivity index (χ4v) is 0.728. The molecule has 0 fully saturated rings. The second kappa shape index (κ2) is 5.15. The number of hydrogen-bond acceptors (Lipinski definition) is 1. The summed E-state index contributed by atoms with van der Waals surface area (Å²) < 4.78 is 0. The monoisotopic (exact) mass is 168 g/mol. The zero-order valence-electron chi connectivity index (χ0n) is 8.38. The molecule has 0 aromatic carbocycles. The summed E-state index contributed by atoms with van der Waals surface area (Å²) in [6, 6.07) is 0. The van der Waals surface area contributed by atoms with Crippen molar-refractivity contribution in [3.05, 3.63) is 24.8 Å². The van der Waals surface area contributed by atoms with Gasteiger partial charge in [-0.15, -0.1) is 6.58 Å². The fraction of sp³-hybridized carbons (Fsp3) is 0.636. The smallest absolute Gasteiger partial charge is 0.0769 e. The molecule has 0 rings (SSSR count). The molecule has 1 nitrogen and oxygen atoms in total. The van der Waals surface area contributed by atoms with Crippen LogP contribution in [0.3, 0.4) is 0 Å². The fourth-order valence-electron chi connectivity index (χ4n) is 0.728. The molecule has 0 aliphatic heterocycles. The second-order valence-electron chi connectivity index (χ2n) is 4.11. The number of unbranched alkanes of at least 4 members (excludes halogenated alkanes) is 1. The lowest BCUT2D eigenvalue weighted by atomic mass is 9.89. The maximum Gasteiger partial charge on any atom is 0.0769 e. The lowest BCUT2D eigenvalue weighted by Gasteiger charge is -2.22. The van der Waals surface area contributed by atoms with Gasteiger partial charge in [-0.2, -0.15) is 0 Å². The molecule has 0 bridgehead atoms. The van der Waals surface area contributed by atoms with E-state index in [0.29, 0.717) is 0 Å². The zero-order valence-corrected chi connectivity index (χ0v) is 8.38. The van der Waals surface area contributed by atoms with Crippen molar-refractivity contribution in [2.24, 2.45) is 5.41 Å². The summed E-state index contributed by atoms with van der Waals surface area (Å²) >= 11 is 0.